The van der Waals surface area contributed by atoms with Crippen molar-refractivity contribution in [2.24, 2.45) is 0 Å². The predicted octanol–water partition coefficient (Wildman–Crippen LogP) is 4.18. The Kier molecular flexibility index (Phi) is 5.48. The topological polar surface area (TPSA) is 61.4 Å². The zero-order valence-corrected chi connectivity index (χ0v) is 15.3. The Hall–Kier alpha value is -2.21. The van der Waals surface area contributed by atoms with Crippen LogP contribution in [0.1, 0.15) is 26.2 Å². The van der Waals surface area contributed by atoms with Gasteiger partial charge in [0.15, 0.2) is 0 Å². The minimum atomic E-state index is -3.24. The van der Waals surface area contributed by atoms with E-state index in [4.69, 9.17) is 0 Å². The summed E-state index contributed by atoms with van der Waals surface area (Å²) in [4.78, 5) is 2.40. The highest BCUT2D eigenvalue weighted by Gasteiger charge is 2.12. The maximum absolute atomic E-state index is 11.8. The van der Waals surface area contributed by atoms with Crippen LogP contribution in [0.5, 0.6) is 0 Å². The molecular weight excluding hydrogens is 334 g/mol. The molecule has 5 nitrogen and oxygen atoms in total. The number of benzene rings is 2. The molecule has 6 heteroatoms. The average molecular weight is 359 g/mol. The number of anilines is 4. The number of hydrogen-bond acceptors (Lipinski definition) is 4. The van der Waals surface area contributed by atoms with Gasteiger partial charge >= 0.3 is 0 Å². The van der Waals surface area contributed by atoms with Gasteiger partial charge in [-0.1, -0.05) is 6.92 Å². The molecule has 25 heavy (non-hydrogen) atoms. The van der Waals surface area contributed by atoms with Gasteiger partial charge in [-0.15, -0.1) is 0 Å². The molecule has 1 heterocycles. The fraction of sp³-hybridized carbons (Fsp3) is 0.368. The Balaban J connectivity index is 1.61. The number of nitrogens with zero attached hydrogens (tertiary/aromatic N) is 1. The van der Waals surface area contributed by atoms with E-state index >= 15 is 0 Å². The monoisotopic (exact) mass is 359 g/mol. The molecule has 2 aromatic carbocycles. The maximum Gasteiger partial charge on any atom is 0.232 e. The predicted molar refractivity (Wildman–Crippen MR) is 105 cm³/mol. The van der Waals surface area contributed by atoms with Crippen LogP contribution >= 0.6 is 0 Å². The van der Waals surface area contributed by atoms with Crippen LogP contribution < -0.4 is 14.9 Å². The van der Waals surface area contributed by atoms with Gasteiger partial charge in [0.2, 0.25) is 10.0 Å². The summed E-state index contributed by atoms with van der Waals surface area (Å²) >= 11 is 0. The molecule has 0 aromatic heterocycles. The van der Waals surface area contributed by atoms with E-state index in [1.165, 1.54) is 18.5 Å². The summed E-state index contributed by atoms with van der Waals surface area (Å²) in [5.74, 6) is 0.135. The van der Waals surface area contributed by atoms with Crippen LogP contribution in [-0.4, -0.2) is 27.3 Å². The van der Waals surface area contributed by atoms with Gasteiger partial charge in [0.05, 0.1) is 5.75 Å². The van der Waals surface area contributed by atoms with E-state index in [0.29, 0.717) is 12.1 Å². The maximum atomic E-state index is 11.8. The molecule has 2 aromatic rings. The zero-order valence-electron chi connectivity index (χ0n) is 14.5. The highest BCUT2D eigenvalue weighted by Crippen LogP contribution is 2.24. The van der Waals surface area contributed by atoms with Crippen molar-refractivity contribution in [2.45, 2.75) is 26.2 Å². The smallest absolute Gasteiger partial charge is 0.232 e. The SMILES string of the molecule is CCCS(=O)(=O)Nc1ccc(Nc2ccc(N3CCCC3)cc2)cc1. The van der Waals surface area contributed by atoms with E-state index in [2.05, 4.69) is 39.2 Å². The third kappa shape index (κ3) is 4.89. The van der Waals surface area contributed by atoms with Gasteiger partial charge in [-0.2, -0.15) is 0 Å². The highest BCUT2D eigenvalue weighted by atomic mass is 32.2. The van der Waals surface area contributed by atoms with Crippen molar-refractivity contribution in [3.05, 3.63) is 48.5 Å². The fourth-order valence-corrected chi connectivity index (χ4v) is 4.15. The molecule has 134 valence electrons. The number of rotatable bonds is 7. The second kappa shape index (κ2) is 7.78. The van der Waals surface area contributed by atoms with Crippen LogP contribution in [0.15, 0.2) is 48.5 Å². The molecule has 1 aliphatic heterocycles. The summed E-state index contributed by atoms with van der Waals surface area (Å²) in [6.07, 6.45) is 3.14. The van der Waals surface area contributed by atoms with Gasteiger partial charge in [-0.3, -0.25) is 4.72 Å². The molecular formula is C19H25N3O2S. The third-order valence-electron chi connectivity index (χ3n) is 4.26. The first-order valence-electron chi connectivity index (χ1n) is 8.78. The number of hydrogen-bond donors (Lipinski definition) is 2. The summed E-state index contributed by atoms with van der Waals surface area (Å²) in [7, 11) is -3.24. The van der Waals surface area contributed by atoms with Crippen LogP contribution in [0, 0.1) is 0 Å². The lowest BCUT2D eigenvalue weighted by atomic mass is 10.2. The summed E-state index contributed by atoms with van der Waals surface area (Å²) in [5.41, 5.74) is 3.79. The summed E-state index contributed by atoms with van der Waals surface area (Å²) < 4.78 is 26.2. The van der Waals surface area contributed by atoms with Crippen molar-refractivity contribution >= 4 is 32.8 Å². The largest absolute Gasteiger partial charge is 0.372 e. The molecule has 0 aliphatic carbocycles. The van der Waals surface area contributed by atoms with Crippen molar-refractivity contribution in [2.75, 3.05) is 33.8 Å². The van der Waals surface area contributed by atoms with Crippen molar-refractivity contribution < 1.29 is 8.42 Å². The normalized spacial score (nSPS) is 14.5. The second-order valence-corrected chi connectivity index (χ2v) is 8.21. The molecule has 0 spiro atoms. The Morgan fingerprint density at radius 2 is 1.40 bits per heavy atom. The Morgan fingerprint density at radius 3 is 1.96 bits per heavy atom. The summed E-state index contributed by atoms with van der Waals surface area (Å²) in [6.45, 7) is 4.13. The molecule has 0 amide bonds. The van der Waals surface area contributed by atoms with Crippen LogP contribution in [0.25, 0.3) is 0 Å². The van der Waals surface area contributed by atoms with Gasteiger partial charge in [0.1, 0.15) is 0 Å². The van der Waals surface area contributed by atoms with Crippen LogP contribution in [0.3, 0.4) is 0 Å². The Bertz CT molecular complexity index is 780. The molecule has 3 rings (SSSR count). The Morgan fingerprint density at radius 1 is 0.880 bits per heavy atom. The van der Waals surface area contributed by atoms with Gasteiger partial charge < -0.3 is 10.2 Å². The molecule has 2 N–H and O–H groups in total. The molecule has 0 bridgehead atoms. The quantitative estimate of drug-likeness (QED) is 0.778. The standard InChI is InChI=1S/C19H25N3O2S/c1-2-15-25(23,24)21-18-7-5-16(6-8-18)20-17-9-11-19(12-10-17)22-13-3-4-14-22/h5-12,20-21H,2-4,13-15H2,1H3. The van der Waals surface area contributed by atoms with E-state index < -0.39 is 10.0 Å². The molecule has 0 radical (unpaired) electrons. The van der Waals surface area contributed by atoms with E-state index in [9.17, 15) is 8.42 Å². The van der Waals surface area contributed by atoms with E-state index in [1.54, 1.807) is 12.1 Å². The lowest BCUT2D eigenvalue weighted by molar-refractivity contribution is 0.600. The minimum Gasteiger partial charge on any atom is -0.372 e. The zero-order chi connectivity index (χ0) is 17.7. The van der Waals surface area contributed by atoms with Crippen LogP contribution in [0.4, 0.5) is 22.7 Å². The third-order valence-corrected chi connectivity index (χ3v) is 5.75. The van der Waals surface area contributed by atoms with Crippen molar-refractivity contribution in [3.8, 4) is 0 Å². The fourth-order valence-electron chi connectivity index (χ4n) is 3.02. The van der Waals surface area contributed by atoms with Gasteiger partial charge in [0, 0.05) is 35.8 Å². The van der Waals surface area contributed by atoms with E-state index in [-0.39, 0.29) is 5.75 Å². The van der Waals surface area contributed by atoms with Crippen molar-refractivity contribution in [3.63, 3.8) is 0 Å². The molecule has 0 unspecified atom stereocenters. The molecule has 1 aliphatic rings. The molecule has 0 saturated carbocycles. The number of sulfonamides is 1. The van der Waals surface area contributed by atoms with Gasteiger partial charge in [-0.05, 0) is 67.8 Å². The summed E-state index contributed by atoms with van der Waals surface area (Å²) in [6, 6.07) is 15.7. The van der Waals surface area contributed by atoms with Crippen LogP contribution in [0.2, 0.25) is 0 Å². The summed E-state index contributed by atoms with van der Waals surface area (Å²) in [5, 5.41) is 3.34. The first kappa shape index (κ1) is 17.6. The van der Waals surface area contributed by atoms with Gasteiger partial charge in [-0.25, -0.2) is 8.42 Å². The van der Waals surface area contributed by atoms with Gasteiger partial charge in [0.25, 0.3) is 0 Å². The average Bonchev–Trinajstić information content (AvgIpc) is 3.11. The number of nitrogens with one attached hydrogen (secondary N) is 2. The second-order valence-electron chi connectivity index (χ2n) is 6.36. The van der Waals surface area contributed by atoms with E-state index in [0.717, 1.165) is 24.5 Å². The lowest BCUT2D eigenvalue weighted by Crippen LogP contribution is -2.17. The first-order valence-corrected chi connectivity index (χ1v) is 10.4. The van der Waals surface area contributed by atoms with Crippen LogP contribution in [-0.2, 0) is 10.0 Å². The highest BCUT2D eigenvalue weighted by molar-refractivity contribution is 7.92. The van der Waals surface area contributed by atoms with Crippen molar-refractivity contribution in [1.29, 1.82) is 0 Å². The van der Waals surface area contributed by atoms with Crippen molar-refractivity contribution in [1.82, 2.24) is 0 Å². The first-order chi connectivity index (χ1) is 12.1. The molecule has 1 fully saturated rings. The molecule has 0 atom stereocenters. The Labute approximate surface area is 150 Å². The minimum absolute atomic E-state index is 0.135. The lowest BCUT2D eigenvalue weighted by Gasteiger charge is -2.18. The van der Waals surface area contributed by atoms with E-state index in [1.807, 2.05) is 19.1 Å². The molecule has 1 saturated heterocycles.